The van der Waals surface area contributed by atoms with Gasteiger partial charge in [0.1, 0.15) is 29.6 Å². The number of carbonyl (C=O) groups excluding carboxylic acids is 4. The highest BCUT2D eigenvalue weighted by Crippen LogP contribution is 2.26. The number of nitrogens with zero attached hydrogens (tertiary/aromatic N) is 4. The van der Waals surface area contributed by atoms with Crippen molar-refractivity contribution in [3.8, 4) is 0 Å². The summed E-state index contributed by atoms with van der Waals surface area (Å²) < 4.78 is 6.65. The van der Waals surface area contributed by atoms with E-state index < -0.39 is 60.1 Å². The number of hydrogen-bond acceptors (Lipinski definition) is 10. The normalized spacial score (nSPS) is 17.9. The van der Waals surface area contributed by atoms with Gasteiger partial charge in [-0.05, 0) is 11.5 Å². The molecule has 16 heteroatoms. The van der Waals surface area contributed by atoms with Crippen LogP contribution in [0, 0.1) is 5.92 Å². The lowest BCUT2D eigenvalue weighted by atomic mass is 10.0. The highest BCUT2D eigenvalue weighted by Gasteiger charge is 2.28. The van der Waals surface area contributed by atoms with Gasteiger partial charge in [0.2, 0.25) is 17.7 Å². The fourth-order valence-corrected chi connectivity index (χ4v) is 5.80. The highest BCUT2D eigenvalue weighted by molar-refractivity contribution is 7.09. The Bertz CT molecular complexity index is 1840. The maximum absolute atomic E-state index is 13.4. The van der Waals surface area contributed by atoms with Crippen LogP contribution in [0.4, 0.5) is 0 Å². The number of aromatic nitrogens is 4. The third-order valence-electron chi connectivity index (χ3n) is 7.20. The van der Waals surface area contributed by atoms with Crippen molar-refractivity contribution >= 4 is 35.0 Å². The number of H-pyrrole nitrogens is 1. The van der Waals surface area contributed by atoms with E-state index in [1.54, 1.807) is 5.38 Å². The number of nitrogens with one attached hydrogen (secondary N) is 4. The molecule has 0 saturated carbocycles. The Morgan fingerprint density at radius 1 is 1.02 bits per heavy atom. The molecule has 4 bridgehead atoms. The first-order valence-electron chi connectivity index (χ1n) is 14.5. The summed E-state index contributed by atoms with van der Waals surface area (Å²) in [6.45, 7) is 2.77. The van der Waals surface area contributed by atoms with Gasteiger partial charge in [-0.3, -0.25) is 33.5 Å². The van der Waals surface area contributed by atoms with E-state index in [2.05, 4.69) is 30.9 Å². The van der Waals surface area contributed by atoms with Crippen LogP contribution in [0.3, 0.4) is 0 Å². The van der Waals surface area contributed by atoms with Gasteiger partial charge in [0.25, 0.3) is 17.4 Å². The van der Waals surface area contributed by atoms with Gasteiger partial charge in [-0.2, -0.15) is 0 Å². The van der Waals surface area contributed by atoms with E-state index in [0.717, 1.165) is 16.2 Å². The van der Waals surface area contributed by atoms with Crippen molar-refractivity contribution in [3.63, 3.8) is 0 Å². The number of oxazole rings is 1. The molecule has 4 N–H and O–H groups in total. The maximum atomic E-state index is 13.4. The summed E-state index contributed by atoms with van der Waals surface area (Å²) in [7, 11) is 0. The molecule has 4 amide bonds. The van der Waals surface area contributed by atoms with Gasteiger partial charge in [0.05, 0.1) is 12.6 Å². The van der Waals surface area contributed by atoms with Crippen LogP contribution in [-0.4, -0.2) is 67.7 Å². The lowest BCUT2D eigenvalue weighted by molar-refractivity contribution is -0.136. The lowest BCUT2D eigenvalue weighted by Crippen LogP contribution is -2.47. The van der Waals surface area contributed by atoms with Gasteiger partial charge < -0.3 is 25.3 Å². The third-order valence-corrected chi connectivity index (χ3v) is 8.13. The number of carbonyl (C=O) groups is 4. The molecule has 0 spiro atoms. The first kappa shape index (κ1) is 32.0. The molecular formula is C30H32N8O7S. The van der Waals surface area contributed by atoms with E-state index >= 15 is 0 Å². The quantitative estimate of drug-likeness (QED) is 0.241. The average molecular weight is 649 g/mol. The minimum Gasteiger partial charge on any atom is -0.446 e. The Hall–Kier alpha value is -5.38. The lowest BCUT2D eigenvalue weighted by Gasteiger charge is -2.25. The van der Waals surface area contributed by atoms with E-state index in [1.807, 2.05) is 44.2 Å². The van der Waals surface area contributed by atoms with Crippen molar-refractivity contribution in [2.75, 3.05) is 19.6 Å². The molecule has 240 valence electrons. The van der Waals surface area contributed by atoms with Crippen molar-refractivity contribution in [1.29, 1.82) is 0 Å². The van der Waals surface area contributed by atoms with Gasteiger partial charge in [-0.25, -0.2) is 14.8 Å². The zero-order chi connectivity index (χ0) is 32.8. The summed E-state index contributed by atoms with van der Waals surface area (Å²) in [6, 6.07) is 9.19. The molecular weight excluding hydrogens is 616 g/mol. The Labute approximate surface area is 266 Å². The zero-order valence-corrected chi connectivity index (χ0v) is 25.8. The van der Waals surface area contributed by atoms with Gasteiger partial charge in [-0.1, -0.05) is 44.2 Å². The molecule has 0 aliphatic carbocycles. The van der Waals surface area contributed by atoms with E-state index in [-0.39, 0.29) is 36.3 Å². The molecule has 0 saturated heterocycles. The van der Waals surface area contributed by atoms with Gasteiger partial charge in [-0.15, -0.1) is 11.3 Å². The summed E-state index contributed by atoms with van der Waals surface area (Å²) in [5.74, 6) is -2.21. The molecule has 46 heavy (non-hydrogen) atoms. The minimum atomic E-state index is -0.782. The highest BCUT2D eigenvalue weighted by atomic mass is 32.1. The zero-order valence-electron chi connectivity index (χ0n) is 25.0. The molecule has 4 aromatic rings. The number of amides is 4. The number of aromatic amines is 1. The van der Waals surface area contributed by atoms with Crippen LogP contribution in [0.2, 0.25) is 0 Å². The molecule has 3 aromatic heterocycles. The number of rotatable bonds is 5. The van der Waals surface area contributed by atoms with Gasteiger partial charge in [0, 0.05) is 37.2 Å². The smallest absolute Gasteiger partial charge is 0.328 e. The topological polar surface area (TPSA) is 201 Å². The standard InChI is InChI=1S/C30H32N8O7S/c1-17(2)25-29-34-21(16-46-29)27(43)32-19(12-18-6-4-3-5-7-18)28-33-20(15-45-28)26(42)31-9-11-37(13-23(40)35-25)24(41)14-38-10-8-22(39)36-30(38)44/h3-8,10,15-17,19,25H,9,11-14H2,1-2H3,(H,31,42)(H,32,43)(H,35,40)(H,36,39,44)/t19-,25-/m0/s1. The van der Waals surface area contributed by atoms with Crippen LogP contribution in [0.1, 0.15) is 63.4 Å². The van der Waals surface area contributed by atoms with Crippen LogP contribution in [0.5, 0.6) is 0 Å². The Kier molecular flexibility index (Phi) is 9.85. The molecule has 1 aliphatic heterocycles. The van der Waals surface area contributed by atoms with E-state index in [1.165, 1.54) is 28.7 Å². The second-order valence-corrected chi connectivity index (χ2v) is 11.8. The molecule has 15 nitrogen and oxygen atoms in total. The fraction of sp³-hybridized carbons (Fsp3) is 0.333. The van der Waals surface area contributed by atoms with E-state index in [9.17, 15) is 28.8 Å². The Morgan fingerprint density at radius 2 is 1.80 bits per heavy atom. The SMILES string of the molecule is CC(C)[C@@H]1NC(=O)CN(C(=O)Cn2ccc(=O)[nH]c2=O)CCNC(=O)c2coc(n2)[C@H](Cc2ccccc2)NC(=O)c2csc1n2. The monoisotopic (exact) mass is 648 g/mol. The second-order valence-electron chi connectivity index (χ2n) is 11.0. The van der Waals surface area contributed by atoms with Crippen molar-refractivity contribution in [1.82, 2.24) is 40.4 Å². The van der Waals surface area contributed by atoms with Crippen LogP contribution in [-0.2, 0) is 22.6 Å². The first-order valence-corrected chi connectivity index (χ1v) is 15.4. The second kappa shape index (κ2) is 14.2. The molecule has 0 radical (unpaired) electrons. The Balaban J connectivity index is 1.45. The minimum absolute atomic E-state index is 0.0467. The molecule has 1 aliphatic rings. The van der Waals surface area contributed by atoms with Crippen molar-refractivity contribution < 1.29 is 23.6 Å². The summed E-state index contributed by atoms with van der Waals surface area (Å²) in [4.78, 5) is 88.7. The van der Waals surface area contributed by atoms with Crippen LogP contribution in [0.15, 0.2) is 68.2 Å². The number of thiazole rings is 1. The summed E-state index contributed by atoms with van der Waals surface area (Å²) >= 11 is 1.21. The molecule has 2 atom stereocenters. The molecule has 0 fully saturated rings. The van der Waals surface area contributed by atoms with Gasteiger partial charge in [0.15, 0.2) is 5.69 Å². The number of benzene rings is 1. The van der Waals surface area contributed by atoms with Crippen molar-refractivity contribution in [2.24, 2.45) is 5.92 Å². The van der Waals surface area contributed by atoms with Crippen LogP contribution in [0.25, 0.3) is 0 Å². The third kappa shape index (κ3) is 7.82. The van der Waals surface area contributed by atoms with Crippen LogP contribution >= 0.6 is 11.3 Å². The maximum Gasteiger partial charge on any atom is 0.328 e. The predicted molar refractivity (Wildman–Crippen MR) is 165 cm³/mol. The predicted octanol–water partition coefficient (Wildman–Crippen LogP) is 0.780. The summed E-state index contributed by atoms with van der Waals surface area (Å²) in [6.07, 6.45) is 2.68. The largest absolute Gasteiger partial charge is 0.446 e. The van der Waals surface area contributed by atoms with Crippen LogP contribution < -0.4 is 27.2 Å². The molecule has 0 unspecified atom stereocenters. The van der Waals surface area contributed by atoms with Crippen molar-refractivity contribution in [3.05, 3.63) is 103 Å². The first-order chi connectivity index (χ1) is 22.1. The van der Waals surface area contributed by atoms with E-state index in [4.69, 9.17) is 4.42 Å². The summed E-state index contributed by atoms with van der Waals surface area (Å²) in [5, 5.41) is 10.6. The molecule has 1 aromatic carbocycles. The molecule has 5 rings (SSSR count). The number of hydrogen-bond donors (Lipinski definition) is 4. The summed E-state index contributed by atoms with van der Waals surface area (Å²) in [5.41, 5.74) is -0.413. The Morgan fingerprint density at radius 3 is 2.54 bits per heavy atom. The fourth-order valence-electron chi connectivity index (χ4n) is 4.78. The molecule has 4 heterocycles. The van der Waals surface area contributed by atoms with E-state index in [0.29, 0.717) is 11.4 Å². The average Bonchev–Trinajstić information content (AvgIpc) is 3.71. The van der Waals surface area contributed by atoms with Gasteiger partial charge >= 0.3 is 5.69 Å². The number of fused-ring (bicyclic) bond motifs is 4. The van der Waals surface area contributed by atoms with Crippen molar-refractivity contribution in [2.45, 2.75) is 38.9 Å².